The number of carbonyl (C=O) groups is 3. The Morgan fingerprint density at radius 3 is 2.15 bits per heavy atom. The second-order valence-electron chi connectivity index (χ2n) is 5.63. The van der Waals surface area contributed by atoms with Crippen molar-refractivity contribution in [1.29, 1.82) is 0 Å². The predicted octanol–water partition coefficient (Wildman–Crippen LogP) is 3.37. The Bertz CT molecular complexity index is 907. The van der Waals surface area contributed by atoms with Gasteiger partial charge in [-0.1, -0.05) is 0 Å². The summed E-state index contributed by atoms with van der Waals surface area (Å²) in [5.74, 6) is -0.916. The third-order valence-electron chi connectivity index (χ3n) is 3.93. The van der Waals surface area contributed by atoms with Gasteiger partial charge in [0.1, 0.15) is 11.5 Å². The molecule has 8 heteroatoms. The van der Waals surface area contributed by atoms with Crippen molar-refractivity contribution >= 4 is 29.3 Å². The quantitative estimate of drug-likeness (QED) is 0.855. The van der Waals surface area contributed by atoms with E-state index < -0.39 is 17.9 Å². The van der Waals surface area contributed by atoms with E-state index in [0.29, 0.717) is 17.2 Å². The number of benzene rings is 2. The molecule has 2 aromatic rings. The summed E-state index contributed by atoms with van der Waals surface area (Å²) in [6.45, 7) is 4.05. The fraction of sp³-hybridized carbons (Fsp3) is 0.211. The molecule has 2 aliphatic heterocycles. The maximum Gasteiger partial charge on any atom is 0.419 e. The van der Waals surface area contributed by atoms with E-state index in [1.54, 1.807) is 13.8 Å². The van der Waals surface area contributed by atoms with Gasteiger partial charge in [0.05, 0.1) is 30.0 Å². The van der Waals surface area contributed by atoms with Crippen LogP contribution in [0.1, 0.15) is 34.6 Å². The van der Waals surface area contributed by atoms with Crippen LogP contribution in [-0.4, -0.2) is 36.2 Å². The Hall–Kier alpha value is -3.55. The molecule has 0 radical (unpaired) electrons. The molecule has 0 saturated heterocycles. The molecule has 3 amide bonds. The first-order chi connectivity index (χ1) is 13.0. The van der Waals surface area contributed by atoms with E-state index in [1.165, 1.54) is 36.4 Å². The van der Waals surface area contributed by atoms with Gasteiger partial charge >= 0.3 is 6.09 Å². The molecule has 140 valence electrons. The van der Waals surface area contributed by atoms with Crippen LogP contribution < -0.4 is 19.7 Å². The van der Waals surface area contributed by atoms with E-state index in [2.05, 4.69) is 5.32 Å². The Kier molecular flexibility index (Phi) is 4.98. The third kappa shape index (κ3) is 3.41. The number of nitrogens with one attached hydrogen (secondary N) is 1. The highest BCUT2D eigenvalue weighted by Crippen LogP contribution is 2.33. The number of hydrogen-bond acceptors (Lipinski definition) is 5. The molecule has 2 N–H and O–H groups in total. The summed E-state index contributed by atoms with van der Waals surface area (Å²) in [7, 11) is 0. The van der Waals surface area contributed by atoms with Crippen LogP contribution in [0.15, 0.2) is 36.4 Å². The molecule has 2 heterocycles. The Balaban J connectivity index is 2.28. The Morgan fingerprint density at radius 2 is 1.59 bits per heavy atom. The zero-order chi connectivity index (χ0) is 19.6. The van der Waals surface area contributed by atoms with Crippen LogP contribution in [0.3, 0.4) is 0 Å². The van der Waals surface area contributed by atoms with Crippen LogP contribution in [0.5, 0.6) is 11.5 Å². The predicted molar refractivity (Wildman–Crippen MR) is 98.0 cm³/mol. The van der Waals surface area contributed by atoms with E-state index in [1.807, 2.05) is 0 Å². The number of ether oxygens (including phenoxy) is 2. The first-order valence-electron chi connectivity index (χ1n) is 8.38. The molecule has 4 rings (SSSR count). The largest absolute Gasteiger partial charge is 0.493 e. The number of amides is 3. The van der Waals surface area contributed by atoms with E-state index in [4.69, 9.17) is 9.47 Å². The van der Waals surface area contributed by atoms with Crippen molar-refractivity contribution < 1.29 is 29.0 Å². The number of hydrogen-bond donors (Lipinski definition) is 2. The van der Waals surface area contributed by atoms with Crippen molar-refractivity contribution in [2.24, 2.45) is 0 Å². The van der Waals surface area contributed by atoms with E-state index >= 15 is 0 Å². The SMILES string of the molecule is CCOc1cc(OCC)c2cc1C(=O)Nc1ccc(cc1)N(C(=O)O)C2=O. The van der Waals surface area contributed by atoms with Crippen molar-refractivity contribution in [2.45, 2.75) is 13.8 Å². The number of carboxylic acid groups (broad SMARTS) is 1. The monoisotopic (exact) mass is 370 g/mol. The number of rotatable bonds is 4. The molecule has 0 aliphatic carbocycles. The molecule has 2 aliphatic rings. The highest BCUT2D eigenvalue weighted by molar-refractivity contribution is 6.21. The van der Waals surface area contributed by atoms with Crippen molar-refractivity contribution in [3.63, 3.8) is 0 Å². The lowest BCUT2D eigenvalue weighted by molar-refractivity contribution is 0.0979. The average molecular weight is 370 g/mol. The maximum absolute atomic E-state index is 13.0. The molecule has 4 bridgehead atoms. The molecule has 27 heavy (non-hydrogen) atoms. The van der Waals surface area contributed by atoms with Gasteiger partial charge in [-0.05, 0) is 44.2 Å². The van der Waals surface area contributed by atoms with Crippen LogP contribution in [0.4, 0.5) is 16.2 Å². The second kappa shape index (κ2) is 7.36. The van der Waals surface area contributed by atoms with Crippen molar-refractivity contribution in [3.05, 3.63) is 47.5 Å². The van der Waals surface area contributed by atoms with Crippen LogP contribution in [0.2, 0.25) is 0 Å². The summed E-state index contributed by atoms with van der Waals surface area (Å²) in [6.07, 6.45) is -1.44. The molecule has 2 aromatic carbocycles. The first kappa shape index (κ1) is 18.2. The third-order valence-corrected chi connectivity index (χ3v) is 3.93. The maximum atomic E-state index is 13.0. The van der Waals surface area contributed by atoms with E-state index in [0.717, 1.165) is 0 Å². The van der Waals surface area contributed by atoms with Gasteiger partial charge in [-0.15, -0.1) is 0 Å². The van der Waals surface area contributed by atoms with Crippen LogP contribution in [0.25, 0.3) is 0 Å². The van der Waals surface area contributed by atoms with Crippen LogP contribution in [-0.2, 0) is 0 Å². The van der Waals surface area contributed by atoms with E-state index in [9.17, 15) is 19.5 Å². The zero-order valence-electron chi connectivity index (χ0n) is 14.8. The minimum Gasteiger partial charge on any atom is -0.493 e. The fourth-order valence-corrected chi connectivity index (χ4v) is 2.78. The smallest absolute Gasteiger partial charge is 0.419 e. The summed E-state index contributed by atoms with van der Waals surface area (Å²) in [4.78, 5) is 38.1. The molecule has 0 atom stereocenters. The summed E-state index contributed by atoms with van der Waals surface area (Å²) in [6, 6.07) is 8.67. The second-order valence-corrected chi connectivity index (χ2v) is 5.63. The lowest BCUT2D eigenvalue weighted by Gasteiger charge is -2.20. The zero-order valence-corrected chi connectivity index (χ0v) is 14.8. The lowest BCUT2D eigenvalue weighted by Crippen LogP contribution is -2.36. The summed E-state index contributed by atoms with van der Waals surface area (Å²) < 4.78 is 11.0. The van der Waals surface area contributed by atoms with Gasteiger partial charge in [0.2, 0.25) is 0 Å². The topological polar surface area (TPSA) is 105 Å². The lowest BCUT2D eigenvalue weighted by atomic mass is 10.1. The number of nitrogens with zero attached hydrogens (tertiary/aromatic N) is 1. The van der Waals surface area contributed by atoms with Gasteiger partial charge in [0.15, 0.2) is 0 Å². The molecule has 0 unspecified atom stereocenters. The number of carbonyl (C=O) groups excluding carboxylic acids is 2. The molecule has 8 nitrogen and oxygen atoms in total. The number of fused-ring (bicyclic) bond motifs is 4. The van der Waals surface area contributed by atoms with Crippen LogP contribution >= 0.6 is 0 Å². The van der Waals surface area contributed by atoms with Gasteiger partial charge in [-0.25, -0.2) is 9.69 Å². The van der Waals surface area contributed by atoms with Gasteiger partial charge < -0.3 is 19.9 Å². The standard InChI is InChI=1S/C19H18N2O6/c1-3-26-15-10-16(27-4-2)14-9-13(15)17(22)20-11-5-7-12(8-6-11)21(18(14)23)19(24)25/h5-10H,3-4H2,1-2H3,(H,20,22)(H,24,25). The average Bonchev–Trinajstić information content (AvgIpc) is 2.65. The molecule has 0 fully saturated rings. The summed E-state index contributed by atoms with van der Waals surface area (Å²) >= 11 is 0. The molecular weight excluding hydrogens is 352 g/mol. The van der Waals surface area contributed by atoms with Crippen molar-refractivity contribution in [3.8, 4) is 11.5 Å². The van der Waals surface area contributed by atoms with Crippen molar-refractivity contribution in [1.82, 2.24) is 0 Å². The normalized spacial score (nSPS) is 13.0. The molecule has 0 saturated carbocycles. The van der Waals surface area contributed by atoms with Gasteiger partial charge in [-0.3, -0.25) is 9.59 Å². The summed E-state index contributed by atoms with van der Waals surface area (Å²) in [5, 5.41) is 12.3. The number of anilines is 2. The van der Waals surface area contributed by atoms with Gasteiger partial charge in [0, 0.05) is 11.8 Å². The first-order valence-corrected chi connectivity index (χ1v) is 8.38. The summed E-state index contributed by atoms with van der Waals surface area (Å²) in [5.41, 5.74) is 0.683. The minimum absolute atomic E-state index is 0.0440. The number of imide groups is 1. The Morgan fingerprint density at radius 1 is 1.00 bits per heavy atom. The van der Waals surface area contributed by atoms with Crippen molar-refractivity contribution in [2.75, 3.05) is 23.4 Å². The van der Waals surface area contributed by atoms with Gasteiger partial charge in [-0.2, -0.15) is 0 Å². The highest BCUT2D eigenvalue weighted by atomic mass is 16.5. The molecular formula is C19H18N2O6. The van der Waals surface area contributed by atoms with E-state index in [-0.39, 0.29) is 34.9 Å². The minimum atomic E-state index is -1.44. The Labute approximate surface area is 155 Å². The van der Waals surface area contributed by atoms with Crippen LogP contribution in [0, 0.1) is 0 Å². The van der Waals surface area contributed by atoms with Gasteiger partial charge in [0.25, 0.3) is 11.8 Å². The fourth-order valence-electron chi connectivity index (χ4n) is 2.78. The molecule has 0 spiro atoms. The molecule has 0 aromatic heterocycles. The highest BCUT2D eigenvalue weighted by Gasteiger charge is 2.30.